The molecule has 0 aromatic carbocycles. The first-order chi connectivity index (χ1) is 6.60. The van der Waals surface area contributed by atoms with E-state index in [4.69, 9.17) is 19.7 Å². The molecular formula is C10H22O4. The van der Waals surface area contributed by atoms with Crippen LogP contribution in [0, 0.1) is 0 Å². The largest absolute Gasteiger partial charge is 0.396 e. The van der Waals surface area contributed by atoms with E-state index in [-0.39, 0.29) is 31.5 Å². The molecule has 0 aromatic rings. The molecule has 4 nitrogen and oxygen atoms in total. The van der Waals surface area contributed by atoms with Crippen LogP contribution in [0.5, 0.6) is 0 Å². The fourth-order valence-corrected chi connectivity index (χ4v) is 1.04. The van der Waals surface area contributed by atoms with Crippen LogP contribution in [0.15, 0.2) is 0 Å². The van der Waals surface area contributed by atoms with Gasteiger partial charge in [0.2, 0.25) is 0 Å². The summed E-state index contributed by atoms with van der Waals surface area (Å²) in [6.07, 6.45) is 0.512. The summed E-state index contributed by atoms with van der Waals surface area (Å²) in [5.74, 6) is 0. The second-order valence-corrected chi connectivity index (χ2v) is 3.60. The first kappa shape index (κ1) is 13.8. The Labute approximate surface area is 85.8 Å². The van der Waals surface area contributed by atoms with E-state index in [0.717, 1.165) is 0 Å². The van der Waals surface area contributed by atoms with Crippen LogP contribution in [0.1, 0.15) is 27.2 Å². The third-order valence-corrected chi connectivity index (χ3v) is 1.87. The molecule has 0 rings (SSSR count). The summed E-state index contributed by atoms with van der Waals surface area (Å²) in [6, 6.07) is 0. The third-order valence-electron chi connectivity index (χ3n) is 1.87. The van der Waals surface area contributed by atoms with Crippen molar-refractivity contribution >= 4 is 0 Å². The summed E-state index contributed by atoms with van der Waals surface area (Å²) < 4.78 is 10.8. The molecule has 14 heavy (non-hydrogen) atoms. The van der Waals surface area contributed by atoms with Crippen LogP contribution >= 0.6 is 0 Å². The Morgan fingerprint density at radius 1 is 1.00 bits per heavy atom. The van der Waals surface area contributed by atoms with E-state index in [1.807, 2.05) is 20.8 Å². The number of aliphatic hydroxyl groups excluding tert-OH is 2. The first-order valence-electron chi connectivity index (χ1n) is 5.09. The van der Waals surface area contributed by atoms with Crippen molar-refractivity contribution in [2.45, 2.75) is 45.5 Å². The van der Waals surface area contributed by atoms with Crippen molar-refractivity contribution in [3.8, 4) is 0 Å². The van der Waals surface area contributed by atoms with Crippen molar-refractivity contribution in [1.82, 2.24) is 0 Å². The van der Waals surface area contributed by atoms with Gasteiger partial charge in [-0.1, -0.05) is 0 Å². The highest BCUT2D eigenvalue weighted by atomic mass is 16.5. The van der Waals surface area contributed by atoms with Gasteiger partial charge in [-0.25, -0.2) is 0 Å². The Morgan fingerprint density at radius 3 is 2.14 bits per heavy atom. The van der Waals surface area contributed by atoms with Gasteiger partial charge in [-0.3, -0.25) is 0 Å². The molecule has 0 bridgehead atoms. The number of hydrogen-bond acceptors (Lipinski definition) is 4. The SMILES string of the molecule is CC(CCO)OCC(C)OC(C)CO. The Bertz CT molecular complexity index is 129. The molecule has 3 unspecified atom stereocenters. The monoisotopic (exact) mass is 206 g/mol. The average Bonchev–Trinajstić information content (AvgIpc) is 2.15. The van der Waals surface area contributed by atoms with Gasteiger partial charge in [0.15, 0.2) is 0 Å². The minimum absolute atomic E-state index is 0.0243. The van der Waals surface area contributed by atoms with E-state index in [9.17, 15) is 0 Å². The quantitative estimate of drug-likeness (QED) is 0.609. The fraction of sp³-hybridized carbons (Fsp3) is 1.00. The Balaban J connectivity index is 3.47. The van der Waals surface area contributed by atoms with Crippen LogP contribution in [0.25, 0.3) is 0 Å². The number of rotatable bonds is 8. The molecule has 4 heteroatoms. The van der Waals surface area contributed by atoms with Crippen molar-refractivity contribution in [2.75, 3.05) is 19.8 Å². The summed E-state index contributed by atoms with van der Waals surface area (Å²) in [6.45, 7) is 6.29. The van der Waals surface area contributed by atoms with Crippen LogP contribution < -0.4 is 0 Å². The number of ether oxygens (including phenoxy) is 2. The minimum atomic E-state index is -0.151. The Hall–Kier alpha value is -0.160. The molecule has 3 atom stereocenters. The molecule has 0 amide bonds. The molecule has 0 aliphatic heterocycles. The molecule has 2 N–H and O–H groups in total. The molecule has 0 radical (unpaired) electrons. The summed E-state index contributed by atoms with van der Waals surface area (Å²) in [7, 11) is 0. The van der Waals surface area contributed by atoms with Gasteiger partial charge in [0.05, 0.1) is 31.5 Å². The maximum atomic E-state index is 8.75. The maximum Gasteiger partial charge on any atom is 0.0785 e. The first-order valence-corrected chi connectivity index (χ1v) is 5.09. The molecule has 86 valence electrons. The molecule has 0 saturated heterocycles. The summed E-state index contributed by atoms with van der Waals surface area (Å²) in [4.78, 5) is 0. The van der Waals surface area contributed by atoms with Crippen molar-refractivity contribution < 1.29 is 19.7 Å². The van der Waals surface area contributed by atoms with Crippen molar-refractivity contribution in [3.05, 3.63) is 0 Å². The van der Waals surface area contributed by atoms with E-state index in [0.29, 0.717) is 13.0 Å². The zero-order valence-electron chi connectivity index (χ0n) is 9.27. The smallest absolute Gasteiger partial charge is 0.0785 e. The number of aliphatic hydroxyl groups is 2. The maximum absolute atomic E-state index is 8.75. The minimum Gasteiger partial charge on any atom is -0.396 e. The molecule has 0 spiro atoms. The molecule has 0 aromatic heterocycles. The zero-order valence-corrected chi connectivity index (χ0v) is 9.27. The lowest BCUT2D eigenvalue weighted by Crippen LogP contribution is -2.26. The molecule has 0 heterocycles. The van der Waals surface area contributed by atoms with Crippen molar-refractivity contribution in [3.63, 3.8) is 0 Å². The normalized spacial score (nSPS) is 17.8. The average molecular weight is 206 g/mol. The highest BCUT2D eigenvalue weighted by Gasteiger charge is 2.09. The van der Waals surface area contributed by atoms with Crippen molar-refractivity contribution in [1.29, 1.82) is 0 Å². The summed E-state index contributed by atoms with van der Waals surface area (Å²) >= 11 is 0. The van der Waals surface area contributed by atoms with Gasteiger partial charge in [-0.15, -0.1) is 0 Å². The second kappa shape index (κ2) is 8.17. The Morgan fingerprint density at radius 2 is 1.64 bits per heavy atom. The van der Waals surface area contributed by atoms with E-state index in [2.05, 4.69) is 0 Å². The highest BCUT2D eigenvalue weighted by molar-refractivity contribution is 4.55. The molecule has 0 aliphatic rings. The van der Waals surface area contributed by atoms with Crippen LogP contribution in [-0.4, -0.2) is 48.3 Å². The lowest BCUT2D eigenvalue weighted by molar-refractivity contribution is -0.0742. The van der Waals surface area contributed by atoms with E-state index >= 15 is 0 Å². The van der Waals surface area contributed by atoms with Crippen LogP contribution in [0.4, 0.5) is 0 Å². The van der Waals surface area contributed by atoms with Crippen LogP contribution in [-0.2, 0) is 9.47 Å². The predicted molar refractivity (Wildman–Crippen MR) is 54.2 cm³/mol. The lowest BCUT2D eigenvalue weighted by atomic mass is 10.3. The topological polar surface area (TPSA) is 58.9 Å². The van der Waals surface area contributed by atoms with Gasteiger partial charge in [0.1, 0.15) is 0 Å². The molecule has 0 aliphatic carbocycles. The van der Waals surface area contributed by atoms with Gasteiger partial charge < -0.3 is 19.7 Å². The fourth-order valence-electron chi connectivity index (χ4n) is 1.04. The van der Waals surface area contributed by atoms with Gasteiger partial charge in [-0.05, 0) is 27.2 Å². The van der Waals surface area contributed by atoms with Gasteiger partial charge in [-0.2, -0.15) is 0 Å². The third kappa shape index (κ3) is 7.26. The van der Waals surface area contributed by atoms with E-state index in [1.54, 1.807) is 0 Å². The lowest BCUT2D eigenvalue weighted by Gasteiger charge is -2.19. The van der Waals surface area contributed by atoms with E-state index < -0.39 is 0 Å². The second-order valence-electron chi connectivity index (χ2n) is 3.60. The molecular weight excluding hydrogens is 184 g/mol. The molecule has 0 fully saturated rings. The summed E-state index contributed by atoms with van der Waals surface area (Å²) in [5, 5.41) is 17.4. The highest BCUT2D eigenvalue weighted by Crippen LogP contribution is 2.02. The van der Waals surface area contributed by atoms with Gasteiger partial charge in [0, 0.05) is 6.61 Å². The van der Waals surface area contributed by atoms with Gasteiger partial charge >= 0.3 is 0 Å². The molecule has 0 saturated carbocycles. The summed E-state index contributed by atoms with van der Waals surface area (Å²) in [5.41, 5.74) is 0. The Kier molecular flexibility index (Phi) is 8.08. The standard InChI is InChI=1S/C10H22O4/c1-8(4-5-11)13-7-10(3)14-9(2)6-12/h8-12H,4-7H2,1-3H3. The zero-order chi connectivity index (χ0) is 11.0. The van der Waals surface area contributed by atoms with Gasteiger partial charge in [0.25, 0.3) is 0 Å². The van der Waals surface area contributed by atoms with Crippen LogP contribution in [0.3, 0.4) is 0 Å². The van der Waals surface area contributed by atoms with Crippen LogP contribution in [0.2, 0.25) is 0 Å². The predicted octanol–water partition coefficient (Wildman–Crippen LogP) is 0.560. The van der Waals surface area contributed by atoms with Crippen molar-refractivity contribution in [2.24, 2.45) is 0 Å². The number of hydrogen-bond donors (Lipinski definition) is 2. The van der Waals surface area contributed by atoms with E-state index in [1.165, 1.54) is 0 Å².